The van der Waals surface area contributed by atoms with Crippen LogP contribution in [0.25, 0.3) is 0 Å². The van der Waals surface area contributed by atoms with Crippen molar-refractivity contribution in [1.82, 2.24) is 19.7 Å². The average molecular weight is 260 g/mol. The molecule has 0 radical (unpaired) electrons. The summed E-state index contributed by atoms with van der Waals surface area (Å²) in [4.78, 5) is 20.1. The summed E-state index contributed by atoms with van der Waals surface area (Å²) in [5.41, 5.74) is 0.257. The fourth-order valence-corrected chi connectivity index (χ4v) is 1.45. The molecule has 19 heavy (non-hydrogen) atoms. The molecule has 2 aromatic rings. The van der Waals surface area contributed by atoms with Crippen LogP contribution in [-0.2, 0) is 7.05 Å². The Labute approximate surface area is 111 Å². The van der Waals surface area contributed by atoms with Crippen molar-refractivity contribution in [2.45, 2.75) is 13.3 Å². The number of hydrogen-bond acceptors (Lipinski definition) is 5. The summed E-state index contributed by atoms with van der Waals surface area (Å²) in [7, 11) is 1.78. The highest BCUT2D eigenvalue weighted by molar-refractivity contribution is 6.02. The van der Waals surface area contributed by atoms with Crippen molar-refractivity contribution in [1.29, 1.82) is 0 Å². The Morgan fingerprint density at radius 3 is 2.74 bits per heavy atom. The Balaban J connectivity index is 1.99. The van der Waals surface area contributed by atoms with Crippen LogP contribution in [0.15, 0.2) is 24.7 Å². The molecule has 100 valence electrons. The first-order chi connectivity index (χ1) is 9.19. The van der Waals surface area contributed by atoms with Gasteiger partial charge in [0.25, 0.3) is 5.91 Å². The highest BCUT2D eigenvalue weighted by Crippen LogP contribution is 2.05. The molecule has 7 nitrogen and oxygen atoms in total. The van der Waals surface area contributed by atoms with Gasteiger partial charge in [0.1, 0.15) is 11.5 Å². The van der Waals surface area contributed by atoms with Crippen LogP contribution in [-0.4, -0.2) is 32.2 Å². The highest BCUT2D eigenvalue weighted by atomic mass is 16.2. The number of hydrogen-bond donors (Lipinski definition) is 2. The minimum absolute atomic E-state index is 0.257. The maximum atomic E-state index is 11.9. The minimum Gasteiger partial charge on any atom is -0.369 e. The fraction of sp³-hybridized carbons (Fsp3) is 0.333. The van der Waals surface area contributed by atoms with Crippen LogP contribution < -0.4 is 10.6 Å². The van der Waals surface area contributed by atoms with Crippen LogP contribution in [0.2, 0.25) is 0 Å². The van der Waals surface area contributed by atoms with E-state index >= 15 is 0 Å². The minimum atomic E-state index is -0.326. The standard InChI is InChI=1S/C12H16N6O/c1-3-5-13-11-8-14-9(7-15-11)12(19)16-10-4-6-18(2)17-10/h4,6-8H,3,5H2,1-2H3,(H,13,15)(H,16,17,19). The molecule has 0 aliphatic carbocycles. The van der Waals surface area contributed by atoms with Crippen molar-refractivity contribution in [2.75, 3.05) is 17.2 Å². The average Bonchev–Trinajstić information content (AvgIpc) is 2.82. The van der Waals surface area contributed by atoms with Gasteiger partial charge in [0.05, 0.1) is 12.4 Å². The van der Waals surface area contributed by atoms with E-state index in [4.69, 9.17) is 0 Å². The van der Waals surface area contributed by atoms with Gasteiger partial charge in [-0.05, 0) is 6.42 Å². The predicted molar refractivity (Wildman–Crippen MR) is 72.0 cm³/mol. The van der Waals surface area contributed by atoms with Gasteiger partial charge < -0.3 is 10.6 Å². The van der Waals surface area contributed by atoms with Crippen molar-refractivity contribution < 1.29 is 4.79 Å². The molecule has 0 aliphatic heterocycles. The van der Waals surface area contributed by atoms with Gasteiger partial charge in [0.2, 0.25) is 0 Å². The molecule has 2 heterocycles. The van der Waals surface area contributed by atoms with Crippen molar-refractivity contribution in [3.05, 3.63) is 30.4 Å². The molecule has 0 bridgehead atoms. The van der Waals surface area contributed by atoms with Gasteiger partial charge in [-0.2, -0.15) is 5.10 Å². The van der Waals surface area contributed by atoms with E-state index in [1.807, 2.05) is 0 Å². The molecule has 0 aromatic carbocycles. The predicted octanol–water partition coefficient (Wildman–Crippen LogP) is 1.28. The van der Waals surface area contributed by atoms with Crippen LogP contribution in [0.1, 0.15) is 23.8 Å². The van der Waals surface area contributed by atoms with E-state index in [1.54, 1.807) is 30.2 Å². The zero-order chi connectivity index (χ0) is 13.7. The first-order valence-electron chi connectivity index (χ1n) is 6.06. The lowest BCUT2D eigenvalue weighted by Crippen LogP contribution is -2.15. The molecule has 7 heteroatoms. The maximum absolute atomic E-state index is 11.9. The van der Waals surface area contributed by atoms with Gasteiger partial charge >= 0.3 is 0 Å². The van der Waals surface area contributed by atoms with E-state index in [0.29, 0.717) is 11.6 Å². The lowest BCUT2D eigenvalue weighted by Gasteiger charge is -2.04. The van der Waals surface area contributed by atoms with E-state index in [0.717, 1.165) is 13.0 Å². The van der Waals surface area contributed by atoms with Crippen LogP contribution in [0.4, 0.5) is 11.6 Å². The molecule has 2 rings (SSSR count). The van der Waals surface area contributed by atoms with Crippen molar-refractivity contribution in [2.24, 2.45) is 7.05 Å². The topological polar surface area (TPSA) is 84.7 Å². The second kappa shape index (κ2) is 5.94. The zero-order valence-electron chi connectivity index (χ0n) is 10.9. The number of carbonyl (C=O) groups is 1. The smallest absolute Gasteiger partial charge is 0.277 e. The summed E-state index contributed by atoms with van der Waals surface area (Å²) in [6.45, 7) is 2.89. The Bertz CT molecular complexity index is 548. The summed E-state index contributed by atoms with van der Waals surface area (Å²) in [5.74, 6) is 0.826. The van der Waals surface area contributed by atoms with E-state index in [2.05, 4.69) is 32.6 Å². The lowest BCUT2D eigenvalue weighted by molar-refractivity contribution is 0.102. The summed E-state index contributed by atoms with van der Waals surface area (Å²) in [6.07, 6.45) is 5.74. The van der Waals surface area contributed by atoms with Gasteiger partial charge in [-0.25, -0.2) is 9.97 Å². The molecule has 0 aliphatic rings. The van der Waals surface area contributed by atoms with E-state index in [-0.39, 0.29) is 11.6 Å². The summed E-state index contributed by atoms with van der Waals surface area (Å²) in [5, 5.41) is 9.80. The van der Waals surface area contributed by atoms with E-state index < -0.39 is 0 Å². The van der Waals surface area contributed by atoms with Gasteiger partial charge in [-0.1, -0.05) is 6.92 Å². The van der Waals surface area contributed by atoms with Gasteiger partial charge in [-0.3, -0.25) is 9.48 Å². The normalized spacial score (nSPS) is 10.2. The fourth-order valence-electron chi connectivity index (χ4n) is 1.45. The molecule has 0 saturated heterocycles. The van der Waals surface area contributed by atoms with Crippen LogP contribution in [0.5, 0.6) is 0 Å². The number of nitrogens with zero attached hydrogens (tertiary/aromatic N) is 4. The molecule has 0 spiro atoms. The third-order valence-corrected chi connectivity index (χ3v) is 2.40. The highest BCUT2D eigenvalue weighted by Gasteiger charge is 2.09. The van der Waals surface area contributed by atoms with Crippen molar-refractivity contribution in [3.63, 3.8) is 0 Å². The second-order valence-electron chi connectivity index (χ2n) is 4.04. The largest absolute Gasteiger partial charge is 0.369 e. The molecule has 2 aromatic heterocycles. The van der Waals surface area contributed by atoms with Gasteiger partial charge in [-0.15, -0.1) is 0 Å². The second-order valence-corrected chi connectivity index (χ2v) is 4.04. The SMILES string of the molecule is CCCNc1cnc(C(=O)Nc2ccn(C)n2)cn1. The monoisotopic (exact) mass is 260 g/mol. The Kier molecular flexibility index (Phi) is 4.07. The number of nitrogens with one attached hydrogen (secondary N) is 2. The summed E-state index contributed by atoms with van der Waals surface area (Å²) in [6, 6.07) is 1.71. The molecular weight excluding hydrogens is 244 g/mol. The number of carbonyl (C=O) groups excluding carboxylic acids is 1. The summed E-state index contributed by atoms with van der Waals surface area (Å²) < 4.78 is 1.61. The molecule has 1 amide bonds. The van der Waals surface area contributed by atoms with Gasteiger partial charge in [0, 0.05) is 25.9 Å². The number of aromatic nitrogens is 4. The Morgan fingerprint density at radius 1 is 1.32 bits per heavy atom. The molecule has 0 fully saturated rings. The summed E-state index contributed by atoms with van der Waals surface area (Å²) >= 11 is 0. The lowest BCUT2D eigenvalue weighted by atomic mass is 10.4. The Morgan fingerprint density at radius 2 is 2.16 bits per heavy atom. The third-order valence-electron chi connectivity index (χ3n) is 2.40. The first kappa shape index (κ1) is 13.0. The molecule has 0 saturated carbocycles. The molecule has 0 unspecified atom stereocenters. The number of rotatable bonds is 5. The number of amides is 1. The molecule has 2 N–H and O–H groups in total. The molecular formula is C12H16N6O. The first-order valence-corrected chi connectivity index (χ1v) is 6.06. The van der Waals surface area contributed by atoms with Crippen LogP contribution in [0, 0.1) is 0 Å². The number of aryl methyl sites for hydroxylation is 1. The Hall–Kier alpha value is -2.44. The maximum Gasteiger partial charge on any atom is 0.277 e. The molecule has 0 atom stereocenters. The quantitative estimate of drug-likeness (QED) is 0.846. The zero-order valence-corrected chi connectivity index (χ0v) is 10.9. The number of anilines is 2. The van der Waals surface area contributed by atoms with Crippen molar-refractivity contribution in [3.8, 4) is 0 Å². The van der Waals surface area contributed by atoms with Crippen molar-refractivity contribution >= 4 is 17.5 Å². The van der Waals surface area contributed by atoms with Gasteiger partial charge in [0.15, 0.2) is 5.82 Å². The van der Waals surface area contributed by atoms with E-state index in [1.165, 1.54) is 6.20 Å². The van der Waals surface area contributed by atoms with E-state index in [9.17, 15) is 4.79 Å². The third kappa shape index (κ3) is 3.51. The van der Waals surface area contributed by atoms with Crippen LogP contribution in [0.3, 0.4) is 0 Å². The van der Waals surface area contributed by atoms with Crippen LogP contribution >= 0.6 is 0 Å².